The van der Waals surface area contributed by atoms with E-state index in [1.54, 1.807) is 6.07 Å². The smallest absolute Gasteiger partial charge is 0.337 e. The number of esters is 1. The Morgan fingerprint density at radius 3 is 2.88 bits per heavy atom. The predicted molar refractivity (Wildman–Crippen MR) is 66.0 cm³/mol. The van der Waals surface area contributed by atoms with E-state index in [4.69, 9.17) is 4.74 Å². The zero-order valence-corrected chi connectivity index (χ0v) is 10.4. The van der Waals surface area contributed by atoms with Gasteiger partial charge in [0.25, 0.3) is 0 Å². The zero-order chi connectivity index (χ0) is 12.4. The number of methoxy groups -OCH3 is 1. The monoisotopic (exact) mass is 232 g/mol. The van der Waals surface area contributed by atoms with E-state index in [2.05, 4.69) is 11.9 Å². The first-order valence-electron chi connectivity index (χ1n) is 5.71. The average Bonchev–Trinajstić information content (AvgIpc) is 2.66. The molecule has 0 atom stereocenters. The van der Waals surface area contributed by atoms with Crippen molar-refractivity contribution < 1.29 is 9.53 Å². The Balaban J connectivity index is 2.53. The van der Waals surface area contributed by atoms with Crippen LogP contribution in [0.25, 0.3) is 11.0 Å². The summed E-state index contributed by atoms with van der Waals surface area (Å²) in [6, 6.07) is 5.44. The maximum atomic E-state index is 11.4. The van der Waals surface area contributed by atoms with Crippen molar-refractivity contribution in [2.45, 2.75) is 19.8 Å². The van der Waals surface area contributed by atoms with Crippen LogP contribution in [0.2, 0.25) is 0 Å². The van der Waals surface area contributed by atoms with E-state index in [9.17, 15) is 4.79 Å². The van der Waals surface area contributed by atoms with Crippen molar-refractivity contribution in [3.05, 3.63) is 29.6 Å². The predicted octanol–water partition coefficient (Wildman–Crippen LogP) is 2.31. The van der Waals surface area contributed by atoms with E-state index < -0.39 is 0 Å². The molecule has 2 rings (SSSR count). The first-order valence-corrected chi connectivity index (χ1v) is 5.71. The molecule has 0 N–H and O–H groups in total. The summed E-state index contributed by atoms with van der Waals surface area (Å²) < 4.78 is 6.74. The van der Waals surface area contributed by atoms with Gasteiger partial charge in [-0.2, -0.15) is 0 Å². The molecule has 0 unspecified atom stereocenters. The number of hydrogen-bond acceptors (Lipinski definition) is 3. The summed E-state index contributed by atoms with van der Waals surface area (Å²) in [6.45, 7) is 2.12. The van der Waals surface area contributed by atoms with Gasteiger partial charge in [0.15, 0.2) is 0 Å². The fourth-order valence-corrected chi connectivity index (χ4v) is 1.93. The van der Waals surface area contributed by atoms with E-state index in [1.165, 1.54) is 7.11 Å². The number of nitrogens with zero attached hydrogens (tertiary/aromatic N) is 2. The fourth-order valence-electron chi connectivity index (χ4n) is 1.93. The molecular weight excluding hydrogens is 216 g/mol. The number of aryl methyl sites for hydroxylation is 2. The Hall–Kier alpha value is -1.84. The van der Waals surface area contributed by atoms with Crippen LogP contribution in [-0.2, 0) is 18.2 Å². The van der Waals surface area contributed by atoms with Crippen molar-refractivity contribution in [3.63, 3.8) is 0 Å². The van der Waals surface area contributed by atoms with Gasteiger partial charge in [-0.25, -0.2) is 9.78 Å². The molecule has 17 heavy (non-hydrogen) atoms. The van der Waals surface area contributed by atoms with Crippen molar-refractivity contribution in [2.75, 3.05) is 7.11 Å². The van der Waals surface area contributed by atoms with Gasteiger partial charge in [0.1, 0.15) is 5.82 Å². The number of carbonyl (C=O) groups excluding carboxylic acids is 1. The molecule has 0 aliphatic heterocycles. The minimum Gasteiger partial charge on any atom is -0.465 e. The van der Waals surface area contributed by atoms with Crippen molar-refractivity contribution in [3.8, 4) is 0 Å². The number of rotatable bonds is 3. The summed E-state index contributed by atoms with van der Waals surface area (Å²) in [6.07, 6.45) is 2.00. The van der Waals surface area contributed by atoms with Crippen molar-refractivity contribution in [1.29, 1.82) is 0 Å². The van der Waals surface area contributed by atoms with Crippen LogP contribution in [0, 0.1) is 0 Å². The lowest BCUT2D eigenvalue weighted by molar-refractivity contribution is 0.0601. The first-order chi connectivity index (χ1) is 8.17. The molecule has 4 nitrogen and oxygen atoms in total. The molecule has 1 aromatic carbocycles. The number of carbonyl (C=O) groups is 1. The van der Waals surface area contributed by atoms with Gasteiger partial charge >= 0.3 is 5.97 Å². The van der Waals surface area contributed by atoms with Crippen LogP contribution in [0.4, 0.5) is 0 Å². The third kappa shape index (κ3) is 2.02. The van der Waals surface area contributed by atoms with Gasteiger partial charge in [0, 0.05) is 13.5 Å². The van der Waals surface area contributed by atoms with Crippen LogP contribution in [0.3, 0.4) is 0 Å². The summed E-state index contributed by atoms with van der Waals surface area (Å²) in [5.41, 5.74) is 2.45. The quantitative estimate of drug-likeness (QED) is 0.763. The standard InChI is InChI=1S/C13H16N2O2/c1-4-5-12-14-10-7-6-9(13(16)17-3)8-11(10)15(12)2/h6-8H,4-5H2,1-3H3. The minimum absolute atomic E-state index is 0.315. The topological polar surface area (TPSA) is 44.1 Å². The molecule has 0 aliphatic rings. The van der Waals surface area contributed by atoms with E-state index in [0.29, 0.717) is 5.56 Å². The maximum absolute atomic E-state index is 11.4. The number of hydrogen-bond donors (Lipinski definition) is 0. The average molecular weight is 232 g/mol. The molecule has 4 heteroatoms. The lowest BCUT2D eigenvalue weighted by Crippen LogP contribution is -2.01. The molecule has 0 saturated carbocycles. The molecule has 2 aromatic rings. The van der Waals surface area contributed by atoms with Gasteiger partial charge in [-0.1, -0.05) is 6.92 Å². The minimum atomic E-state index is -0.315. The lowest BCUT2D eigenvalue weighted by Gasteiger charge is -2.01. The summed E-state index contributed by atoms with van der Waals surface area (Å²) in [7, 11) is 3.36. The normalized spacial score (nSPS) is 10.8. The van der Waals surface area contributed by atoms with Gasteiger partial charge in [-0.15, -0.1) is 0 Å². The molecule has 0 amide bonds. The van der Waals surface area contributed by atoms with Gasteiger partial charge in [-0.3, -0.25) is 0 Å². The summed E-state index contributed by atoms with van der Waals surface area (Å²) in [5.74, 6) is 0.731. The molecule has 0 radical (unpaired) electrons. The zero-order valence-electron chi connectivity index (χ0n) is 10.4. The van der Waals surface area contributed by atoms with E-state index in [1.807, 2.05) is 23.7 Å². The summed E-state index contributed by atoms with van der Waals surface area (Å²) in [4.78, 5) is 16.0. The van der Waals surface area contributed by atoms with Crippen LogP contribution in [-0.4, -0.2) is 22.6 Å². The highest BCUT2D eigenvalue weighted by Crippen LogP contribution is 2.18. The van der Waals surface area contributed by atoms with E-state index in [0.717, 1.165) is 29.7 Å². The molecule has 1 aromatic heterocycles. The number of imidazole rings is 1. The Morgan fingerprint density at radius 2 is 2.24 bits per heavy atom. The number of ether oxygens (including phenoxy) is 1. The van der Waals surface area contributed by atoms with Crippen LogP contribution in [0.5, 0.6) is 0 Å². The van der Waals surface area contributed by atoms with Gasteiger partial charge < -0.3 is 9.30 Å². The van der Waals surface area contributed by atoms with Crippen LogP contribution >= 0.6 is 0 Å². The second kappa shape index (κ2) is 4.57. The van der Waals surface area contributed by atoms with E-state index >= 15 is 0 Å². The first kappa shape index (κ1) is 11.6. The van der Waals surface area contributed by atoms with Crippen LogP contribution < -0.4 is 0 Å². The number of aromatic nitrogens is 2. The van der Waals surface area contributed by atoms with Crippen LogP contribution in [0.15, 0.2) is 18.2 Å². The second-order valence-corrected chi connectivity index (χ2v) is 4.03. The molecule has 0 bridgehead atoms. The molecule has 1 heterocycles. The molecule has 0 spiro atoms. The summed E-state index contributed by atoms with van der Waals surface area (Å²) in [5, 5.41) is 0. The molecule has 0 fully saturated rings. The van der Waals surface area contributed by atoms with Crippen molar-refractivity contribution in [2.24, 2.45) is 7.05 Å². The molecular formula is C13H16N2O2. The third-order valence-electron chi connectivity index (χ3n) is 2.87. The van der Waals surface area contributed by atoms with Gasteiger partial charge in [-0.05, 0) is 24.6 Å². The highest BCUT2D eigenvalue weighted by atomic mass is 16.5. The van der Waals surface area contributed by atoms with Crippen molar-refractivity contribution >= 4 is 17.0 Å². The Bertz CT molecular complexity index is 558. The van der Waals surface area contributed by atoms with E-state index in [-0.39, 0.29) is 5.97 Å². The molecule has 0 aliphatic carbocycles. The number of benzene rings is 1. The second-order valence-electron chi connectivity index (χ2n) is 4.03. The Labute approximate surface area is 100 Å². The van der Waals surface area contributed by atoms with Gasteiger partial charge in [0.2, 0.25) is 0 Å². The highest BCUT2D eigenvalue weighted by molar-refractivity contribution is 5.93. The lowest BCUT2D eigenvalue weighted by atomic mass is 10.2. The molecule has 0 saturated heterocycles. The maximum Gasteiger partial charge on any atom is 0.337 e. The van der Waals surface area contributed by atoms with Crippen LogP contribution in [0.1, 0.15) is 29.5 Å². The molecule has 90 valence electrons. The highest BCUT2D eigenvalue weighted by Gasteiger charge is 2.11. The van der Waals surface area contributed by atoms with Gasteiger partial charge in [0.05, 0.1) is 23.7 Å². The fraction of sp³-hybridized carbons (Fsp3) is 0.385. The summed E-state index contributed by atoms with van der Waals surface area (Å²) >= 11 is 0. The Kier molecular flexibility index (Phi) is 3.13. The third-order valence-corrected chi connectivity index (χ3v) is 2.87. The SMILES string of the molecule is CCCc1nc2ccc(C(=O)OC)cc2n1C. The largest absolute Gasteiger partial charge is 0.465 e. The van der Waals surface area contributed by atoms with Crippen molar-refractivity contribution in [1.82, 2.24) is 9.55 Å². The Morgan fingerprint density at radius 1 is 1.47 bits per heavy atom. The number of fused-ring (bicyclic) bond motifs is 1.